The number of nitrogens with zero attached hydrogens (tertiary/aromatic N) is 2. The Balaban J connectivity index is 2.11. The molecule has 0 fully saturated rings. The zero-order valence-corrected chi connectivity index (χ0v) is 10.4. The molecule has 0 saturated carbocycles. The highest BCUT2D eigenvalue weighted by Crippen LogP contribution is 2.22. The van der Waals surface area contributed by atoms with E-state index in [-0.39, 0.29) is 11.2 Å². The van der Waals surface area contributed by atoms with Crippen LogP contribution in [0.25, 0.3) is 0 Å². The van der Waals surface area contributed by atoms with Crippen LogP contribution in [0.5, 0.6) is 0 Å². The zero-order valence-electron chi connectivity index (χ0n) is 9.61. The standard InChI is InChI=1S/C13H14ClFN2/c1-2-13(14)11-7-16-17(9-11)8-10-4-3-5-12(15)6-10/h3-7,9,13H,2,8H2,1H3. The Hall–Kier alpha value is -1.35. The van der Waals surface area contributed by atoms with Crippen LogP contribution >= 0.6 is 11.6 Å². The maximum Gasteiger partial charge on any atom is 0.123 e. The van der Waals surface area contributed by atoms with E-state index >= 15 is 0 Å². The van der Waals surface area contributed by atoms with E-state index in [1.54, 1.807) is 16.9 Å². The van der Waals surface area contributed by atoms with Gasteiger partial charge in [0.2, 0.25) is 0 Å². The van der Waals surface area contributed by atoms with Crippen molar-refractivity contribution in [2.45, 2.75) is 25.3 Å². The van der Waals surface area contributed by atoms with Crippen LogP contribution < -0.4 is 0 Å². The largest absolute Gasteiger partial charge is 0.268 e. The summed E-state index contributed by atoms with van der Waals surface area (Å²) in [5.41, 5.74) is 1.90. The topological polar surface area (TPSA) is 17.8 Å². The van der Waals surface area contributed by atoms with E-state index < -0.39 is 0 Å². The molecule has 0 aliphatic carbocycles. The van der Waals surface area contributed by atoms with Gasteiger partial charge in [-0.15, -0.1) is 11.6 Å². The predicted molar refractivity (Wildman–Crippen MR) is 66.6 cm³/mol. The minimum Gasteiger partial charge on any atom is -0.268 e. The molecule has 0 aliphatic rings. The van der Waals surface area contributed by atoms with Crippen molar-refractivity contribution < 1.29 is 4.39 Å². The van der Waals surface area contributed by atoms with E-state index in [0.717, 1.165) is 17.5 Å². The molecule has 1 unspecified atom stereocenters. The van der Waals surface area contributed by atoms with Crippen molar-refractivity contribution in [3.05, 3.63) is 53.6 Å². The van der Waals surface area contributed by atoms with Gasteiger partial charge in [-0.05, 0) is 24.1 Å². The summed E-state index contributed by atoms with van der Waals surface area (Å²) in [6.45, 7) is 2.59. The van der Waals surface area contributed by atoms with E-state index in [1.807, 2.05) is 19.2 Å². The first-order chi connectivity index (χ1) is 8.19. The molecular weight excluding hydrogens is 239 g/mol. The zero-order chi connectivity index (χ0) is 12.3. The lowest BCUT2D eigenvalue weighted by molar-refractivity contribution is 0.619. The van der Waals surface area contributed by atoms with E-state index in [1.165, 1.54) is 12.1 Å². The molecular formula is C13H14ClFN2. The van der Waals surface area contributed by atoms with E-state index in [9.17, 15) is 4.39 Å². The molecule has 0 aliphatic heterocycles. The predicted octanol–water partition coefficient (Wildman–Crippen LogP) is 3.76. The highest BCUT2D eigenvalue weighted by molar-refractivity contribution is 6.20. The lowest BCUT2D eigenvalue weighted by Gasteiger charge is -2.03. The second-order valence-corrected chi connectivity index (χ2v) is 4.50. The molecule has 1 heterocycles. The molecule has 4 heteroatoms. The second kappa shape index (κ2) is 5.32. The van der Waals surface area contributed by atoms with E-state index in [2.05, 4.69) is 5.10 Å². The molecule has 2 nitrogen and oxygen atoms in total. The lowest BCUT2D eigenvalue weighted by Crippen LogP contribution is -2.00. The molecule has 0 saturated heterocycles. The second-order valence-electron chi connectivity index (χ2n) is 3.98. The third kappa shape index (κ3) is 3.07. The Bertz CT molecular complexity index is 496. The molecule has 0 amide bonds. The molecule has 1 aromatic carbocycles. The summed E-state index contributed by atoms with van der Waals surface area (Å²) in [5.74, 6) is -0.223. The summed E-state index contributed by atoms with van der Waals surface area (Å²) in [7, 11) is 0. The van der Waals surface area contributed by atoms with Crippen LogP contribution in [0.1, 0.15) is 29.8 Å². The summed E-state index contributed by atoms with van der Waals surface area (Å²) in [6.07, 6.45) is 4.54. The van der Waals surface area contributed by atoms with Crippen LogP contribution in [0.2, 0.25) is 0 Å². The molecule has 90 valence electrons. The van der Waals surface area contributed by atoms with Gasteiger partial charge in [-0.2, -0.15) is 5.10 Å². The van der Waals surface area contributed by atoms with Crippen molar-refractivity contribution in [3.8, 4) is 0 Å². The van der Waals surface area contributed by atoms with Crippen molar-refractivity contribution >= 4 is 11.6 Å². The average molecular weight is 253 g/mol. The molecule has 0 radical (unpaired) electrons. The highest BCUT2D eigenvalue weighted by Gasteiger charge is 2.08. The van der Waals surface area contributed by atoms with E-state index in [4.69, 9.17) is 11.6 Å². The molecule has 0 spiro atoms. The van der Waals surface area contributed by atoms with Crippen molar-refractivity contribution in [1.29, 1.82) is 0 Å². The van der Waals surface area contributed by atoms with Crippen molar-refractivity contribution in [1.82, 2.24) is 9.78 Å². The maximum absolute atomic E-state index is 13.0. The van der Waals surface area contributed by atoms with Gasteiger partial charge in [0, 0.05) is 11.8 Å². The summed E-state index contributed by atoms with van der Waals surface area (Å²) in [5, 5.41) is 4.22. The summed E-state index contributed by atoms with van der Waals surface area (Å²) >= 11 is 6.12. The van der Waals surface area contributed by atoms with Crippen molar-refractivity contribution in [2.24, 2.45) is 0 Å². The summed E-state index contributed by atoms with van der Waals surface area (Å²) < 4.78 is 14.8. The molecule has 1 aromatic heterocycles. The van der Waals surface area contributed by atoms with Gasteiger partial charge in [0.1, 0.15) is 5.82 Å². The number of hydrogen-bond donors (Lipinski definition) is 0. The van der Waals surface area contributed by atoms with Crippen LogP contribution in [0.15, 0.2) is 36.7 Å². The third-order valence-electron chi connectivity index (χ3n) is 2.61. The number of benzene rings is 1. The van der Waals surface area contributed by atoms with Crippen molar-refractivity contribution in [3.63, 3.8) is 0 Å². The van der Waals surface area contributed by atoms with Crippen LogP contribution in [-0.2, 0) is 6.54 Å². The van der Waals surface area contributed by atoms with Crippen LogP contribution in [0, 0.1) is 5.82 Å². The van der Waals surface area contributed by atoms with E-state index in [0.29, 0.717) is 6.54 Å². The van der Waals surface area contributed by atoms with Crippen LogP contribution in [0.4, 0.5) is 4.39 Å². The van der Waals surface area contributed by atoms with Crippen molar-refractivity contribution in [2.75, 3.05) is 0 Å². The Morgan fingerprint density at radius 2 is 2.29 bits per heavy atom. The molecule has 0 N–H and O–H groups in total. The molecule has 17 heavy (non-hydrogen) atoms. The number of aromatic nitrogens is 2. The average Bonchev–Trinajstić information content (AvgIpc) is 2.76. The number of rotatable bonds is 4. The number of alkyl halides is 1. The van der Waals surface area contributed by atoms with Gasteiger partial charge in [0.25, 0.3) is 0 Å². The molecule has 1 atom stereocenters. The fraction of sp³-hybridized carbons (Fsp3) is 0.308. The van der Waals surface area contributed by atoms with Gasteiger partial charge in [-0.1, -0.05) is 19.1 Å². The lowest BCUT2D eigenvalue weighted by atomic mass is 10.2. The number of halogens is 2. The smallest absolute Gasteiger partial charge is 0.123 e. The first-order valence-corrected chi connectivity index (χ1v) is 6.03. The highest BCUT2D eigenvalue weighted by atomic mass is 35.5. The van der Waals surface area contributed by atoms with Gasteiger partial charge in [0.15, 0.2) is 0 Å². The Morgan fingerprint density at radius 3 is 3.00 bits per heavy atom. The molecule has 2 rings (SSSR count). The SMILES string of the molecule is CCC(Cl)c1cnn(Cc2cccc(F)c2)c1. The van der Waals surface area contributed by atoms with Gasteiger partial charge >= 0.3 is 0 Å². The Morgan fingerprint density at radius 1 is 1.47 bits per heavy atom. The van der Waals surface area contributed by atoms with Gasteiger partial charge in [-0.25, -0.2) is 4.39 Å². The van der Waals surface area contributed by atoms with Gasteiger partial charge in [-0.3, -0.25) is 4.68 Å². The maximum atomic E-state index is 13.0. The first-order valence-electron chi connectivity index (χ1n) is 5.60. The summed E-state index contributed by atoms with van der Waals surface area (Å²) in [4.78, 5) is 0. The Labute approximate surface area is 105 Å². The van der Waals surface area contributed by atoms with Gasteiger partial charge in [0.05, 0.1) is 18.1 Å². The minimum absolute atomic E-state index is 0.00346. The molecule has 0 bridgehead atoms. The van der Waals surface area contributed by atoms with Crippen LogP contribution in [0.3, 0.4) is 0 Å². The quantitative estimate of drug-likeness (QED) is 0.758. The first kappa shape index (κ1) is 12.1. The number of hydrogen-bond acceptors (Lipinski definition) is 1. The fourth-order valence-corrected chi connectivity index (χ4v) is 1.80. The van der Waals surface area contributed by atoms with Crippen LogP contribution in [-0.4, -0.2) is 9.78 Å². The third-order valence-corrected chi connectivity index (χ3v) is 3.17. The molecule has 2 aromatic rings. The fourth-order valence-electron chi connectivity index (χ4n) is 1.69. The monoisotopic (exact) mass is 252 g/mol. The minimum atomic E-state index is -0.223. The van der Waals surface area contributed by atoms with Gasteiger partial charge < -0.3 is 0 Å². The normalized spacial score (nSPS) is 12.6. The summed E-state index contributed by atoms with van der Waals surface area (Å²) in [6, 6.07) is 6.52. The Kier molecular flexibility index (Phi) is 3.79.